The van der Waals surface area contributed by atoms with Crippen molar-refractivity contribution in [3.05, 3.63) is 23.9 Å². The lowest BCUT2D eigenvalue weighted by atomic mass is 9.89. The van der Waals surface area contributed by atoms with Crippen molar-refractivity contribution in [1.29, 1.82) is 0 Å². The van der Waals surface area contributed by atoms with Crippen LogP contribution >= 0.6 is 12.2 Å². The summed E-state index contributed by atoms with van der Waals surface area (Å²) in [5.74, 6) is 2.68. The highest BCUT2D eigenvalue weighted by Crippen LogP contribution is 2.26. The molecular formula is C15H23N3S. The molecule has 0 aromatic carbocycles. The average Bonchev–Trinajstić information content (AvgIpc) is 2.64. The summed E-state index contributed by atoms with van der Waals surface area (Å²) in [4.78, 5) is 7.29. The van der Waals surface area contributed by atoms with E-state index in [9.17, 15) is 0 Å². The van der Waals surface area contributed by atoms with Crippen LogP contribution in [-0.4, -0.2) is 23.1 Å². The molecule has 0 spiro atoms. The van der Waals surface area contributed by atoms with Gasteiger partial charge in [0, 0.05) is 24.8 Å². The molecule has 0 saturated carbocycles. The number of rotatable bonds is 3. The summed E-state index contributed by atoms with van der Waals surface area (Å²) in [6, 6.07) is 4.00. The van der Waals surface area contributed by atoms with Gasteiger partial charge >= 0.3 is 0 Å². The fourth-order valence-electron chi connectivity index (χ4n) is 2.74. The molecule has 1 aromatic heterocycles. The van der Waals surface area contributed by atoms with Crippen LogP contribution in [0.15, 0.2) is 18.3 Å². The van der Waals surface area contributed by atoms with Crippen LogP contribution < -0.4 is 10.6 Å². The van der Waals surface area contributed by atoms with Crippen LogP contribution in [0.5, 0.6) is 0 Å². The largest absolute Gasteiger partial charge is 0.389 e. The number of nitrogens with two attached hydrogens (primary N) is 1. The third-order valence-corrected chi connectivity index (χ3v) is 4.31. The molecule has 2 rings (SSSR count). The number of thiocarbonyl (C=S) groups is 1. The zero-order chi connectivity index (χ0) is 13.8. The van der Waals surface area contributed by atoms with E-state index >= 15 is 0 Å². The van der Waals surface area contributed by atoms with Gasteiger partial charge in [0.15, 0.2) is 0 Å². The molecule has 2 heterocycles. The highest BCUT2D eigenvalue weighted by Gasteiger charge is 2.20. The molecule has 1 fully saturated rings. The van der Waals surface area contributed by atoms with E-state index < -0.39 is 0 Å². The van der Waals surface area contributed by atoms with Gasteiger partial charge in [-0.2, -0.15) is 0 Å². The van der Waals surface area contributed by atoms with Crippen molar-refractivity contribution in [1.82, 2.24) is 4.98 Å². The number of anilines is 1. The van der Waals surface area contributed by atoms with Gasteiger partial charge in [0.2, 0.25) is 0 Å². The molecule has 104 valence electrons. The van der Waals surface area contributed by atoms with Crippen LogP contribution in [0.1, 0.15) is 38.7 Å². The average molecular weight is 277 g/mol. The van der Waals surface area contributed by atoms with E-state index in [0.717, 1.165) is 36.3 Å². The summed E-state index contributed by atoms with van der Waals surface area (Å²) in [5.41, 5.74) is 6.44. The molecule has 1 aliphatic heterocycles. The van der Waals surface area contributed by atoms with Crippen molar-refractivity contribution in [2.24, 2.45) is 17.6 Å². The van der Waals surface area contributed by atoms with Crippen LogP contribution in [-0.2, 0) is 0 Å². The molecule has 19 heavy (non-hydrogen) atoms. The maximum atomic E-state index is 5.60. The number of nitrogens with zero attached hydrogens (tertiary/aromatic N) is 2. The Bertz CT molecular complexity index is 428. The van der Waals surface area contributed by atoms with Crippen molar-refractivity contribution in [2.75, 3.05) is 18.0 Å². The van der Waals surface area contributed by atoms with Crippen molar-refractivity contribution < 1.29 is 0 Å². The summed E-state index contributed by atoms with van der Waals surface area (Å²) >= 11 is 4.95. The first-order valence-corrected chi connectivity index (χ1v) is 7.49. The van der Waals surface area contributed by atoms with Crippen molar-refractivity contribution >= 4 is 23.0 Å². The van der Waals surface area contributed by atoms with Crippen LogP contribution in [0.2, 0.25) is 0 Å². The zero-order valence-corrected chi connectivity index (χ0v) is 12.6. The first kappa shape index (κ1) is 14.3. The molecule has 4 heteroatoms. The van der Waals surface area contributed by atoms with Gasteiger partial charge in [-0.25, -0.2) is 4.98 Å². The Hall–Kier alpha value is -1.16. The molecule has 0 bridgehead atoms. The summed E-state index contributed by atoms with van der Waals surface area (Å²) in [6.45, 7) is 6.86. The highest BCUT2D eigenvalue weighted by atomic mass is 32.1. The number of aromatic nitrogens is 1. The fraction of sp³-hybridized carbons (Fsp3) is 0.600. The SMILES string of the molecule is CC(C)C1CCCN(c2ccc(C(N)=S)cn2)CC1. The predicted octanol–water partition coefficient (Wildman–Crippen LogP) is 2.98. The van der Waals surface area contributed by atoms with E-state index in [4.69, 9.17) is 18.0 Å². The standard InChI is InChI=1S/C15H23N3S/c1-11(2)12-4-3-8-18(9-7-12)14-6-5-13(10-17-14)15(16)19/h5-6,10-12H,3-4,7-9H2,1-2H3,(H2,16,19). The van der Waals surface area contributed by atoms with Gasteiger partial charge in [-0.05, 0) is 43.2 Å². The van der Waals surface area contributed by atoms with Crippen LogP contribution in [0.4, 0.5) is 5.82 Å². The summed E-state index contributed by atoms with van der Waals surface area (Å²) in [6.07, 6.45) is 5.62. The number of hydrogen-bond acceptors (Lipinski definition) is 3. The third kappa shape index (κ3) is 3.66. The molecular weight excluding hydrogens is 254 g/mol. The van der Waals surface area contributed by atoms with E-state index in [1.165, 1.54) is 19.3 Å². The molecule has 0 radical (unpaired) electrons. The second kappa shape index (κ2) is 6.33. The molecule has 1 atom stereocenters. The van der Waals surface area contributed by atoms with Crippen molar-refractivity contribution in [2.45, 2.75) is 33.1 Å². The maximum Gasteiger partial charge on any atom is 0.128 e. The first-order chi connectivity index (χ1) is 9.08. The number of pyridine rings is 1. The van der Waals surface area contributed by atoms with E-state index in [2.05, 4.69) is 23.7 Å². The lowest BCUT2D eigenvalue weighted by Crippen LogP contribution is -2.25. The summed E-state index contributed by atoms with van der Waals surface area (Å²) in [5, 5.41) is 0. The highest BCUT2D eigenvalue weighted by molar-refractivity contribution is 7.80. The molecule has 1 saturated heterocycles. The van der Waals surface area contributed by atoms with E-state index in [1.54, 1.807) is 6.20 Å². The number of hydrogen-bond donors (Lipinski definition) is 1. The second-order valence-electron chi connectivity index (χ2n) is 5.69. The Morgan fingerprint density at radius 2 is 2.16 bits per heavy atom. The lowest BCUT2D eigenvalue weighted by molar-refractivity contribution is 0.351. The Morgan fingerprint density at radius 1 is 1.37 bits per heavy atom. The molecule has 0 amide bonds. The molecule has 1 aliphatic rings. The maximum absolute atomic E-state index is 5.60. The Morgan fingerprint density at radius 3 is 2.74 bits per heavy atom. The Balaban J connectivity index is 2.03. The van der Waals surface area contributed by atoms with E-state index in [0.29, 0.717) is 4.99 Å². The summed E-state index contributed by atoms with van der Waals surface area (Å²) in [7, 11) is 0. The quantitative estimate of drug-likeness (QED) is 0.863. The molecule has 2 N–H and O–H groups in total. The molecule has 1 unspecified atom stereocenters. The normalized spacial score (nSPS) is 20.4. The van der Waals surface area contributed by atoms with Gasteiger partial charge in [0.1, 0.15) is 10.8 Å². The lowest BCUT2D eigenvalue weighted by Gasteiger charge is -2.22. The zero-order valence-electron chi connectivity index (χ0n) is 11.8. The van der Waals surface area contributed by atoms with Crippen molar-refractivity contribution in [3.8, 4) is 0 Å². The molecule has 3 nitrogen and oxygen atoms in total. The van der Waals surface area contributed by atoms with Crippen LogP contribution in [0, 0.1) is 11.8 Å². The third-order valence-electron chi connectivity index (χ3n) is 4.07. The smallest absolute Gasteiger partial charge is 0.128 e. The van der Waals surface area contributed by atoms with Crippen LogP contribution in [0.25, 0.3) is 0 Å². The fourth-order valence-corrected chi connectivity index (χ4v) is 2.86. The van der Waals surface area contributed by atoms with Gasteiger partial charge in [0.25, 0.3) is 0 Å². The van der Waals surface area contributed by atoms with E-state index in [-0.39, 0.29) is 0 Å². The summed E-state index contributed by atoms with van der Waals surface area (Å²) < 4.78 is 0. The van der Waals surface area contributed by atoms with E-state index in [1.807, 2.05) is 12.1 Å². The molecule has 1 aromatic rings. The monoisotopic (exact) mass is 277 g/mol. The van der Waals surface area contributed by atoms with Crippen molar-refractivity contribution in [3.63, 3.8) is 0 Å². The Labute approximate surface area is 121 Å². The minimum Gasteiger partial charge on any atom is -0.389 e. The second-order valence-corrected chi connectivity index (χ2v) is 6.13. The van der Waals surface area contributed by atoms with Gasteiger partial charge in [-0.15, -0.1) is 0 Å². The first-order valence-electron chi connectivity index (χ1n) is 7.08. The minimum atomic E-state index is 0.412. The molecule has 0 aliphatic carbocycles. The van der Waals surface area contributed by atoms with Gasteiger partial charge < -0.3 is 10.6 Å². The van der Waals surface area contributed by atoms with Crippen LogP contribution in [0.3, 0.4) is 0 Å². The van der Waals surface area contributed by atoms with Gasteiger partial charge in [-0.3, -0.25) is 0 Å². The Kier molecular flexibility index (Phi) is 4.75. The van der Waals surface area contributed by atoms with Gasteiger partial charge in [-0.1, -0.05) is 26.1 Å². The topological polar surface area (TPSA) is 42.1 Å². The minimum absolute atomic E-state index is 0.412. The predicted molar refractivity (Wildman–Crippen MR) is 84.5 cm³/mol. The van der Waals surface area contributed by atoms with Gasteiger partial charge in [0.05, 0.1) is 0 Å².